The molecule has 8 heteroatoms. The number of thioether (sulfide) groups is 1. The summed E-state index contributed by atoms with van der Waals surface area (Å²) in [4.78, 5) is 39.5. The van der Waals surface area contributed by atoms with Crippen LogP contribution in [-0.4, -0.2) is 40.5 Å². The van der Waals surface area contributed by atoms with Crippen LogP contribution in [0, 0.1) is 0 Å². The van der Waals surface area contributed by atoms with Gasteiger partial charge in [-0.1, -0.05) is 41.9 Å². The van der Waals surface area contributed by atoms with Gasteiger partial charge in [-0.05, 0) is 36.2 Å². The predicted molar refractivity (Wildman–Crippen MR) is 113 cm³/mol. The van der Waals surface area contributed by atoms with Crippen LogP contribution in [0.3, 0.4) is 0 Å². The molecular weight excluding hydrogens is 410 g/mol. The molecule has 2 aromatic rings. The first-order valence-corrected chi connectivity index (χ1v) is 10.7. The molecule has 150 valence electrons. The van der Waals surface area contributed by atoms with Crippen LogP contribution in [0.5, 0.6) is 0 Å². The van der Waals surface area contributed by atoms with Crippen LogP contribution in [0.4, 0.5) is 0 Å². The SMILES string of the molecule is C[C@H](NC(=O)[C@@H]1CSC2c3ccccc3C(=O)N21)C(=O)NCc1cccc(Cl)c1. The third-order valence-corrected chi connectivity index (χ3v) is 6.64. The van der Waals surface area contributed by atoms with E-state index in [2.05, 4.69) is 10.6 Å². The first-order chi connectivity index (χ1) is 14.0. The number of carbonyl (C=O) groups excluding carboxylic acids is 3. The maximum Gasteiger partial charge on any atom is 0.256 e. The van der Waals surface area contributed by atoms with Crippen molar-refractivity contribution in [1.29, 1.82) is 0 Å². The molecule has 0 aliphatic carbocycles. The lowest BCUT2D eigenvalue weighted by atomic mass is 10.1. The van der Waals surface area contributed by atoms with E-state index in [1.807, 2.05) is 30.3 Å². The van der Waals surface area contributed by atoms with E-state index in [0.717, 1.165) is 11.1 Å². The van der Waals surface area contributed by atoms with Crippen LogP contribution >= 0.6 is 23.4 Å². The zero-order chi connectivity index (χ0) is 20.5. The van der Waals surface area contributed by atoms with E-state index in [-0.39, 0.29) is 23.1 Å². The number of hydrogen-bond acceptors (Lipinski definition) is 4. The van der Waals surface area contributed by atoms with E-state index in [1.165, 1.54) is 0 Å². The lowest BCUT2D eigenvalue weighted by Crippen LogP contribution is -2.52. The van der Waals surface area contributed by atoms with Gasteiger partial charge >= 0.3 is 0 Å². The summed E-state index contributed by atoms with van der Waals surface area (Å²) in [7, 11) is 0. The van der Waals surface area contributed by atoms with Gasteiger partial charge in [0.05, 0.1) is 0 Å². The molecule has 29 heavy (non-hydrogen) atoms. The molecule has 0 spiro atoms. The van der Waals surface area contributed by atoms with Crippen molar-refractivity contribution >= 4 is 41.1 Å². The molecule has 1 saturated heterocycles. The highest BCUT2D eigenvalue weighted by molar-refractivity contribution is 7.99. The van der Waals surface area contributed by atoms with E-state index in [9.17, 15) is 14.4 Å². The summed E-state index contributed by atoms with van der Waals surface area (Å²) in [6.45, 7) is 1.95. The number of rotatable bonds is 5. The van der Waals surface area contributed by atoms with Crippen molar-refractivity contribution in [2.75, 3.05) is 5.75 Å². The quantitative estimate of drug-likeness (QED) is 0.766. The van der Waals surface area contributed by atoms with E-state index in [0.29, 0.717) is 22.9 Å². The monoisotopic (exact) mass is 429 g/mol. The molecule has 0 aromatic heterocycles. The van der Waals surface area contributed by atoms with Gasteiger partial charge in [0.25, 0.3) is 5.91 Å². The second kappa shape index (κ2) is 8.08. The van der Waals surface area contributed by atoms with Crippen molar-refractivity contribution < 1.29 is 14.4 Å². The van der Waals surface area contributed by atoms with Crippen molar-refractivity contribution in [3.8, 4) is 0 Å². The fourth-order valence-corrected chi connectivity index (χ4v) is 5.28. The van der Waals surface area contributed by atoms with Gasteiger partial charge in [-0.25, -0.2) is 0 Å². The van der Waals surface area contributed by atoms with Gasteiger partial charge in [0.15, 0.2) is 0 Å². The molecule has 2 N–H and O–H groups in total. The normalized spacial score (nSPS) is 20.8. The molecule has 1 fully saturated rings. The first kappa shape index (κ1) is 19.8. The van der Waals surface area contributed by atoms with Gasteiger partial charge < -0.3 is 15.5 Å². The van der Waals surface area contributed by atoms with Gasteiger partial charge in [0.2, 0.25) is 11.8 Å². The summed E-state index contributed by atoms with van der Waals surface area (Å²) in [5, 5.41) is 6.00. The average molecular weight is 430 g/mol. The molecule has 2 aliphatic heterocycles. The highest BCUT2D eigenvalue weighted by Gasteiger charge is 2.48. The van der Waals surface area contributed by atoms with Gasteiger partial charge in [0, 0.05) is 22.9 Å². The third kappa shape index (κ3) is 3.84. The smallest absolute Gasteiger partial charge is 0.256 e. The lowest BCUT2D eigenvalue weighted by Gasteiger charge is -2.24. The summed E-state index contributed by atoms with van der Waals surface area (Å²) in [5.74, 6) is -0.232. The molecule has 2 aliphatic rings. The van der Waals surface area contributed by atoms with Crippen molar-refractivity contribution in [1.82, 2.24) is 15.5 Å². The number of halogens is 1. The number of fused-ring (bicyclic) bond motifs is 3. The molecule has 0 bridgehead atoms. The van der Waals surface area contributed by atoms with Crippen LogP contribution in [0.25, 0.3) is 0 Å². The summed E-state index contributed by atoms with van der Waals surface area (Å²) >= 11 is 7.52. The van der Waals surface area contributed by atoms with E-state index in [1.54, 1.807) is 41.8 Å². The molecule has 1 unspecified atom stereocenters. The standard InChI is InChI=1S/C21H20ClN3O3S/c1-12(18(26)23-10-13-5-4-6-14(22)9-13)24-19(27)17-11-29-21-16-8-3-2-7-15(16)20(28)25(17)21/h2-9,12,17,21H,10-11H2,1H3,(H,23,26)(H,24,27)/t12-,17-,21?/m0/s1. The largest absolute Gasteiger partial charge is 0.350 e. The van der Waals surface area contributed by atoms with Gasteiger partial charge in [0.1, 0.15) is 17.5 Å². The fraction of sp³-hybridized carbons (Fsp3) is 0.286. The number of hydrogen-bond donors (Lipinski definition) is 2. The van der Waals surface area contributed by atoms with Crippen LogP contribution in [0.1, 0.15) is 33.8 Å². The Morgan fingerprint density at radius 2 is 2.03 bits per heavy atom. The van der Waals surface area contributed by atoms with Crippen LogP contribution in [0.15, 0.2) is 48.5 Å². The second-order valence-corrected chi connectivity index (χ2v) is 8.63. The molecule has 3 atom stereocenters. The lowest BCUT2D eigenvalue weighted by molar-refractivity contribution is -0.130. The number of carbonyl (C=O) groups is 3. The molecule has 0 saturated carbocycles. The number of nitrogens with zero attached hydrogens (tertiary/aromatic N) is 1. The van der Waals surface area contributed by atoms with Crippen molar-refractivity contribution in [3.05, 3.63) is 70.2 Å². The number of nitrogens with one attached hydrogen (secondary N) is 2. The minimum atomic E-state index is -0.717. The maximum absolute atomic E-state index is 12.8. The van der Waals surface area contributed by atoms with Crippen LogP contribution in [-0.2, 0) is 16.1 Å². The molecule has 2 heterocycles. The van der Waals surface area contributed by atoms with E-state index < -0.39 is 12.1 Å². The molecule has 0 radical (unpaired) electrons. The summed E-state index contributed by atoms with van der Waals surface area (Å²) in [6, 6.07) is 13.3. The zero-order valence-electron chi connectivity index (χ0n) is 15.7. The van der Waals surface area contributed by atoms with Gasteiger partial charge in [-0.15, -0.1) is 11.8 Å². The maximum atomic E-state index is 12.8. The predicted octanol–water partition coefficient (Wildman–Crippen LogP) is 2.73. The van der Waals surface area contributed by atoms with E-state index in [4.69, 9.17) is 11.6 Å². The Morgan fingerprint density at radius 3 is 2.83 bits per heavy atom. The van der Waals surface area contributed by atoms with Crippen LogP contribution in [0.2, 0.25) is 5.02 Å². The van der Waals surface area contributed by atoms with E-state index >= 15 is 0 Å². The summed E-state index contributed by atoms with van der Waals surface area (Å²) in [6.07, 6.45) is 0. The van der Waals surface area contributed by atoms with Crippen molar-refractivity contribution in [2.24, 2.45) is 0 Å². The topological polar surface area (TPSA) is 78.5 Å². The zero-order valence-corrected chi connectivity index (χ0v) is 17.3. The Kier molecular flexibility index (Phi) is 5.52. The Balaban J connectivity index is 1.36. The minimum absolute atomic E-state index is 0.131. The number of amides is 3. The third-order valence-electron chi connectivity index (χ3n) is 5.10. The molecular formula is C21H20ClN3O3S. The number of benzene rings is 2. The van der Waals surface area contributed by atoms with Crippen molar-refractivity contribution in [2.45, 2.75) is 30.9 Å². The van der Waals surface area contributed by atoms with Gasteiger partial charge in [-0.2, -0.15) is 0 Å². The second-order valence-electron chi connectivity index (χ2n) is 7.08. The van der Waals surface area contributed by atoms with Crippen molar-refractivity contribution in [3.63, 3.8) is 0 Å². The van der Waals surface area contributed by atoms with Crippen LogP contribution < -0.4 is 10.6 Å². The van der Waals surface area contributed by atoms with Gasteiger partial charge in [-0.3, -0.25) is 14.4 Å². The molecule has 4 rings (SSSR count). The molecule has 6 nitrogen and oxygen atoms in total. The Morgan fingerprint density at radius 1 is 1.24 bits per heavy atom. The average Bonchev–Trinajstić information content (AvgIpc) is 3.26. The minimum Gasteiger partial charge on any atom is -0.350 e. The highest BCUT2D eigenvalue weighted by Crippen LogP contribution is 2.48. The summed E-state index contributed by atoms with van der Waals surface area (Å²) in [5.41, 5.74) is 2.47. The molecule has 2 aromatic carbocycles. The Labute approximate surface area is 178 Å². The Hall–Kier alpha value is -2.51. The summed E-state index contributed by atoms with van der Waals surface area (Å²) < 4.78 is 0. The first-order valence-electron chi connectivity index (χ1n) is 9.31. The highest BCUT2D eigenvalue weighted by atomic mass is 35.5. The molecule has 3 amide bonds. The Bertz CT molecular complexity index is 983. The fourth-order valence-electron chi connectivity index (χ4n) is 3.61.